The molecule has 0 bridgehead atoms. The summed E-state index contributed by atoms with van der Waals surface area (Å²) in [6.07, 6.45) is 2.07. The number of likely N-dealkylation sites (tertiary alicyclic amines) is 1. The van der Waals surface area contributed by atoms with Gasteiger partial charge in [-0.25, -0.2) is 0 Å². The van der Waals surface area contributed by atoms with Crippen molar-refractivity contribution in [1.82, 2.24) is 10.2 Å². The molecular weight excluding hydrogens is 288 g/mol. The molecule has 1 aliphatic heterocycles. The summed E-state index contributed by atoms with van der Waals surface area (Å²) < 4.78 is 5.44. The fourth-order valence-electron chi connectivity index (χ4n) is 2.97. The summed E-state index contributed by atoms with van der Waals surface area (Å²) in [6.45, 7) is 3.54. The van der Waals surface area contributed by atoms with Gasteiger partial charge in [0.2, 0.25) is 5.91 Å². The van der Waals surface area contributed by atoms with E-state index in [1.54, 1.807) is 7.11 Å². The number of hydrogen-bond acceptors (Lipinski definition) is 3. The van der Waals surface area contributed by atoms with Crippen molar-refractivity contribution in [2.75, 3.05) is 27.2 Å². The van der Waals surface area contributed by atoms with E-state index in [1.807, 2.05) is 37.1 Å². The molecule has 0 aliphatic carbocycles. The number of benzene rings is 1. The summed E-state index contributed by atoms with van der Waals surface area (Å²) in [5.41, 5.74) is 1.12. The summed E-state index contributed by atoms with van der Waals surface area (Å²) in [4.78, 5) is 14.6. The monoisotopic (exact) mass is 312 g/mol. The number of nitrogens with zero attached hydrogens (tertiary/aromatic N) is 1. The molecule has 1 aliphatic rings. The highest BCUT2D eigenvalue weighted by Gasteiger charge is 2.33. The maximum absolute atomic E-state index is 12.6. The third-order valence-electron chi connectivity index (χ3n) is 3.97. The van der Waals surface area contributed by atoms with Gasteiger partial charge in [0.25, 0.3) is 0 Å². The Balaban J connectivity index is 0.00000220. The Bertz CT molecular complexity index is 467. The van der Waals surface area contributed by atoms with E-state index in [0.29, 0.717) is 6.54 Å². The SMILES string of the molecule is CNCC(C)C(=O)N1CCCC1c1ccccc1OC.Cl. The van der Waals surface area contributed by atoms with Gasteiger partial charge in [0.05, 0.1) is 13.2 Å². The number of nitrogens with one attached hydrogen (secondary N) is 1. The lowest BCUT2D eigenvalue weighted by Crippen LogP contribution is -2.38. The average molecular weight is 313 g/mol. The van der Waals surface area contributed by atoms with E-state index >= 15 is 0 Å². The van der Waals surface area contributed by atoms with E-state index in [-0.39, 0.29) is 30.3 Å². The van der Waals surface area contributed by atoms with Gasteiger partial charge in [0.1, 0.15) is 5.75 Å². The van der Waals surface area contributed by atoms with Crippen molar-refractivity contribution in [2.45, 2.75) is 25.8 Å². The summed E-state index contributed by atoms with van der Waals surface area (Å²) in [5.74, 6) is 1.11. The lowest BCUT2D eigenvalue weighted by molar-refractivity contribution is -0.135. The first kappa shape index (κ1) is 17.8. The van der Waals surface area contributed by atoms with Gasteiger partial charge in [-0.2, -0.15) is 0 Å². The van der Waals surface area contributed by atoms with Crippen LogP contribution in [-0.2, 0) is 4.79 Å². The van der Waals surface area contributed by atoms with Gasteiger partial charge >= 0.3 is 0 Å². The second-order valence-electron chi connectivity index (χ2n) is 5.39. The van der Waals surface area contributed by atoms with E-state index in [1.165, 1.54) is 0 Å². The van der Waals surface area contributed by atoms with Gasteiger partial charge < -0.3 is 15.0 Å². The molecule has 0 saturated carbocycles. The summed E-state index contributed by atoms with van der Waals surface area (Å²) in [6, 6.07) is 8.16. The zero-order valence-electron chi connectivity index (χ0n) is 13.0. The van der Waals surface area contributed by atoms with Gasteiger partial charge in [-0.3, -0.25) is 4.79 Å². The largest absolute Gasteiger partial charge is 0.496 e. The van der Waals surface area contributed by atoms with Crippen molar-refractivity contribution in [3.8, 4) is 5.75 Å². The Morgan fingerprint density at radius 2 is 2.19 bits per heavy atom. The van der Waals surface area contributed by atoms with Gasteiger partial charge in [-0.05, 0) is 26.0 Å². The predicted octanol–water partition coefficient (Wildman–Crippen LogP) is 2.64. The lowest BCUT2D eigenvalue weighted by Gasteiger charge is -2.28. The third-order valence-corrected chi connectivity index (χ3v) is 3.97. The summed E-state index contributed by atoms with van der Waals surface area (Å²) >= 11 is 0. The fraction of sp³-hybridized carbons (Fsp3) is 0.562. The first-order valence-corrected chi connectivity index (χ1v) is 7.27. The molecular formula is C16H25ClN2O2. The number of rotatable bonds is 5. The molecule has 21 heavy (non-hydrogen) atoms. The van der Waals surface area contributed by atoms with Crippen LogP contribution in [0.4, 0.5) is 0 Å². The topological polar surface area (TPSA) is 41.6 Å². The molecule has 2 rings (SSSR count). The minimum atomic E-state index is 0. The molecule has 1 N–H and O–H groups in total. The zero-order chi connectivity index (χ0) is 14.5. The standard InChI is InChI=1S/C16H24N2O2.ClH/c1-12(11-17-2)16(19)18-10-6-8-14(18)13-7-4-5-9-15(13)20-3;/h4-5,7,9,12,14,17H,6,8,10-11H2,1-3H3;1H. The minimum Gasteiger partial charge on any atom is -0.496 e. The average Bonchev–Trinajstić information content (AvgIpc) is 2.95. The van der Waals surface area contributed by atoms with Gasteiger partial charge in [0, 0.05) is 24.6 Å². The van der Waals surface area contributed by atoms with Crippen LogP contribution in [0.2, 0.25) is 0 Å². The van der Waals surface area contributed by atoms with Gasteiger partial charge in [-0.1, -0.05) is 25.1 Å². The molecule has 0 spiro atoms. The highest BCUT2D eigenvalue weighted by Crippen LogP contribution is 2.37. The van der Waals surface area contributed by atoms with Gasteiger partial charge in [-0.15, -0.1) is 12.4 Å². The molecule has 0 aromatic heterocycles. The van der Waals surface area contributed by atoms with E-state index in [4.69, 9.17) is 4.74 Å². The minimum absolute atomic E-state index is 0. The number of para-hydroxylation sites is 1. The predicted molar refractivity (Wildman–Crippen MR) is 87.0 cm³/mol. The smallest absolute Gasteiger partial charge is 0.227 e. The quantitative estimate of drug-likeness (QED) is 0.909. The normalized spacial score (nSPS) is 19.0. The van der Waals surface area contributed by atoms with Crippen molar-refractivity contribution in [1.29, 1.82) is 0 Å². The van der Waals surface area contributed by atoms with Crippen LogP contribution in [0.3, 0.4) is 0 Å². The molecule has 118 valence electrons. The van der Waals surface area contributed by atoms with Crippen molar-refractivity contribution in [2.24, 2.45) is 5.92 Å². The van der Waals surface area contributed by atoms with Crippen LogP contribution in [0.15, 0.2) is 24.3 Å². The van der Waals surface area contributed by atoms with Crippen LogP contribution < -0.4 is 10.1 Å². The Hall–Kier alpha value is -1.26. The highest BCUT2D eigenvalue weighted by molar-refractivity contribution is 5.85. The van der Waals surface area contributed by atoms with Crippen molar-refractivity contribution in [3.63, 3.8) is 0 Å². The summed E-state index contributed by atoms with van der Waals surface area (Å²) in [7, 11) is 3.56. The molecule has 4 nitrogen and oxygen atoms in total. The van der Waals surface area contributed by atoms with E-state index in [9.17, 15) is 4.79 Å². The number of methoxy groups -OCH3 is 1. The number of carbonyl (C=O) groups excluding carboxylic acids is 1. The molecule has 1 amide bonds. The molecule has 1 heterocycles. The first-order valence-electron chi connectivity index (χ1n) is 7.27. The maximum Gasteiger partial charge on any atom is 0.227 e. The third kappa shape index (κ3) is 3.89. The number of hydrogen-bond donors (Lipinski definition) is 1. The Labute approximate surface area is 133 Å². The van der Waals surface area contributed by atoms with Crippen LogP contribution in [-0.4, -0.2) is 38.1 Å². The van der Waals surface area contributed by atoms with Crippen LogP contribution in [0.5, 0.6) is 5.75 Å². The molecule has 2 atom stereocenters. The summed E-state index contributed by atoms with van der Waals surface area (Å²) in [5, 5.41) is 3.08. The van der Waals surface area contributed by atoms with E-state index in [0.717, 1.165) is 30.7 Å². The Morgan fingerprint density at radius 3 is 2.86 bits per heavy atom. The van der Waals surface area contributed by atoms with Crippen LogP contribution >= 0.6 is 12.4 Å². The van der Waals surface area contributed by atoms with Crippen molar-refractivity contribution < 1.29 is 9.53 Å². The number of halogens is 1. The fourth-order valence-corrected chi connectivity index (χ4v) is 2.97. The van der Waals surface area contributed by atoms with Gasteiger partial charge in [0.15, 0.2) is 0 Å². The maximum atomic E-state index is 12.6. The first-order chi connectivity index (χ1) is 9.69. The molecule has 2 unspecified atom stereocenters. The Kier molecular flexibility index (Phi) is 6.99. The molecule has 5 heteroatoms. The molecule has 1 fully saturated rings. The van der Waals surface area contributed by atoms with Crippen molar-refractivity contribution >= 4 is 18.3 Å². The van der Waals surface area contributed by atoms with Crippen LogP contribution in [0.1, 0.15) is 31.4 Å². The second kappa shape index (κ2) is 8.25. The van der Waals surface area contributed by atoms with Crippen LogP contribution in [0, 0.1) is 5.92 Å². The second-order valence-corrected chi connectivity index (χ2v) is 5.39. The molecule has 1 aromatic carbocycles. The molecule has 1 saturated heterocycles. The zero-order valence-corrected chi connectivity index (χ0v) is 13.8. The molecule has 1 aromatic rings. The van der Waals surface area contributed by atoms with E-state index in [2.05, 4.69) is 11.4 Å². The van der Waals surface area contributed by atoms with Crippen molar-refractivity contribution in [3.05, 3.63) is 29.8 Å². The molecule has 0 radical (unpaired) electrons. The number of carbonyl (C=O) groups is 1. The lowest BCUT2D eigenvalue weighted by atomic mass is 10.0. The van der Waals surface area contributed by atoms with Crippen LogP contribution in [0.25, 0.3) is 0 Å². The number of ether oxygens (including phenoxy) is 1. The van der Waals surface area contributed by atoms with E-state index < -0.39 is 0 Å². The number of amides is 1. The Morgan fingerprint density at radius 1 is 1.48 bits per heavy atom. The highest BCUT2D eigenvalue weighted by atomic mass is 35.5.